The number of aromatic amines is 1. The summed E-state index contributed by atoms with van der Waals surface area (Å²) in [6.07, 6.45) is 3.48. The van der Waals surface area contributed by atoms with E-state index in [9.17, 15) is 0 Å². The van der Waals surface area contributed by atoms with E-state index in [-0.39, 0.29) is 0 Å². The number of hydrogen-bond acceptors (Lipinski definition) is 4. The number of nitrogens with one attached hydrogen (secondary N) is 2. The molecule has 4 rings (SSSR count). The van der Waals surface area contributed by atoms with Crippen LogP contribution in [0.2, 0.25) is 0 Å². The molecule has 0 unspecified atom stereocenters. The molecule has 102 valence electrons. The quantitative estimate of drug-likeness (QED) is 0.490. The number of H-pyrrole nitrogens is 1. The van der Waals surface area contributed by atoms with E-state index in [1.165, 1.54) is 0 Å². The third-order valence-electron chi connectivity index (χ3n) is 3.48. The molecule has 4 N–H and O–H groups in total. The van der Waals surface area contributed by atoms with Gasteiger partial charge in [-0.05, 0) is 42.5 Å². The highest BCUT2D eigenvalue weighted by Gasteiger charge is 2.05. The molecule has 0 amide bonds. The Kier molecular flexibility index (Phi) is 2.50. The SMILES string of the molecule is Nc1ccc2ncnc(Nc3ccc4[nH]ccc4c3)c2c1. The highest BCUT2D eigenvalue weighted by Crippen LogP contribution is 2.26. The Morgan fingerprint density at radius 3 is 2.90 bits per heavy atom. The van der Waals surface area contributed by atoms with Crippen molar-refractivity contribution in [3.63, 3.8) is 0 Å². The second kappa shape index (κ2) is 4.49. The van der Waals surface area contributed by atoms with E-state index in [0.29, 0.717) is 5.69 Å². The average Bonchev–Trinajstić information content (AvgIpc) is 2.95. The molecule has 2 aromatic heterocycles. The fraction of sp³-hybridized carbons (Fsp3) is 0. The molecule has 0 bridgehead atoms. The van der Waals surface area contributed by atoms with Crippen LogP contribution in [0, 0.1) is 0 Å². The van der Waals surface area contributed by atoms with Crippen LogP contribution in [0.15, 0.2) is 55.0 Å². The van der Waals surface area contributed by atoms with Gasteiger partial charge in [0.2, 0.25) is 0 Å². The summed E-state index contributed by atoms with van der Waals surface area (Å²) in [5, 5.41) is 5.40. The Balaban J connectivity index is 1.81. The smallest absolute Gasteiger partial charge is 0.141 e. The summed E-state index contributed by atoms with van der Waals surface area (Å²) in [6, 6.07) is 13.8. The Hall–Kier alpha value is -3.08. The number of aromatic nitrogens is 3. The van der Waals surface area contributed by atoms with E-state index in [2.05, 4.69) is 26.3 Å². The molecule has 2 aromatic carbocycles. The van der Waals surface area contributed by atoms with Gasteiger partial charge < -0.3 is 16.0 Å². The lowest BCUT2D eigenvalue weighted by Crippen LogP contribution is -1.96. The van der Waals surface area contributed by atoms with Gasteiger partial charge >= 0.3 is 0 Å². The van der Waals surface area contributed by atoms with Gasteiger partial charge in [-0.2, -0.15) is 0 Å². The molecule has 0 atom stereocenters. The van der Waals surface area contributed by atoms with Gasteiger partial charge in [0.15, 0.2) is 0 Å². The van der Waals surface area contributed by atoms with E-state index in [1.807, 2.05) is 42.6 Å². The Morgan fingerprint density at radius 2 is 1.95 bits per heavy atom. The molecular formula is C16H13N5. The zero-order valence-electron chi connectivity index (χ0n) is 11.2. The molecule has 0 aliphatic heterocycles. The zero-order valence-corrected chi connectivity index (χ0v) is 11.2. The van der Waals surface area contributed by atoms with Crippen LogP contribution in [0.5, 0.6) is 0 Å². The van der Waals surface area contributed by atoms with Gasteiger partial charge in [0, 0.05) is 33.9 Å². The maximum absolute atomic E-state index is 5.86. The predicted octanol–water partition coefficient (Wildman–Crippen LogP) is 3.44. The minimum atomic E-state index is 0.696. The summed E-state index contributed by atoms with van der Waals surface area (Å²) in [7, 11) is 0. The van der Waals surface area contributed by atoms with Crippen molar-refractivity contribution in [1.82, 2.24) is 15.0 Å². The maximum atomic E-state index is 5.86. The first-order valence-electron chi connectivity index (χ1n) is 6.64. The third-order valence-corrected chi connectivity index (χ3v) is 3.48. The molecule has 0 fully saturated rings. The molecule has 2 heterocycles. The van der Waals surface area contributed by atoms with E-state index >= 15 is 0 Å². The molecular weight excluding hydrogens is 262 g/mol. The average molecular weight is 275 g/mol. The molecule has 4 aromatic rings. The standard InChI is InChI=1S/C16H13N5/c17-11-1-3-15-13(8-11)16(20-9-19-15)21-12-2-4-14-10(7-12)5-6-18-14/h1-9,18H,17H2,(H,19,20,21). The Labute approximate surface area is 120 Å². The summed E-state index contributed by atoms with van der Waals surface area (Å²) in [5.41, 5.74) is 9.51. The summed E-state index contributed by atoms with van der Waals surface area (Å²) in [4.78, 5) is 11.8. The second-order valence-corrected chi connectivity index (χ2v) is 4.90. The van der Waals surface area contributed by atoms with Crippen molar-refractivity contribution in [1.29, 1.82) is 0 Å². The molecule has 0 aliphatic carbocycles. The number of nitrogen functional groups attached to an aromatic ring is 1. The highest BCUT2D eigenvalue weighted by atomic mass is 15.0. The van der Waals surface area contributed by atoms with Crippen LogP contribution in [-0.2, 0) is 0 Å². The second-order valence-electron chi connectivity index (χ2n) is 4.90. The molecule has 5 nitrogen and oxygen atoms in total. The first-order valence-corrected chi connectivity index (χ1v) is 6.64. The molecule has 0 spiro atoms. The van der Waals surface area contributed by atoms with Crippen LogP contribution in [0.3, 0.4) is 0 Å². The Bertz CT molecular complexity index is 942. The van der Waals surface area contributed by atoms with E-state index < -0.39 is 0 Å². The van der Waals surface area contributed by atoms with E-state index in [4.69, 9.17) is 5.73 Å². The van der Waals surface area contributed by atoms with Crippen molar-refractivity contribution in [3.8, 4) is 0 Å². The number of benzene rings is 2. The van der Waals surface area contributed by atoms with Crippen molar-refractivity contribution in [2.45, 2.75) is 0 Å². The number of anilines is 3. The van der Waals surface area contributed by atoms with Crippen molar-refractivity contribution < 1.29 is 0 Å². The number of nitrogens with two attached hydrogens (primary N) is 1. The monoisotopic (exact) mass is 275 g/mol. The topological polar surface area (TPSA) is 79.6 Å². The van der Waals surface area contributed by atoms with E-state index in [1.54, 1.807) is 6.33 Å². The van der Waals surface area contributed by atoms with Gasteiger partial charge in [-0.25, -0.2) is 9.97 Å². The summed E-state index contributed by atoms with van der Waals surface area (Å²) in [6.45, 7) is 0. The lowest BCUT2D eigenvalue weighted by atomic mass is 10.2. The summed E-state index contributed by atoms with van der Waals surface area (Å²) >= 11 is 0. The first kappa shape index (κ1) is 11.7. The van der Waals surface area contributed by atoms with Gasteiger partial charge in [0.05, 0.1) is 5.52 Å². The van der Waals surface area contributed by atoms with Crippen LogP contribution in [0.1, 0.15) is 0 Å². The van der Waals surface area contributed by atoms with Crippen LogP contribution in [-0.4, -0.2) is 15.0 Å². The van der Waals surface area contributed by atoms with Crippen molar-refractivity contribution >= 4 is 39.0 Å². The van der Waals surface area contributed by atoms with Gasteiger partial charge in [-0.3, -0.25) is 0 Å². The minimum Gasteiger partial charge on any atom is -0.399 e. The lowest BCUT2D eigenvalue weighted by molar-refractivity contribution is 1.22. The van der Waals surface area contributed by atoms with Gasteiger partial charge in [0.25, 0.3) is 0 Å². The van der Waals surface area contributed by atoms with Gasteiger partial charge in [0.1, 0.15) is 12.1 Å². The minimum absolute atomic E-state index is 0.696. The van der Waals surface area contributed by atoms with Gasteiger partial charge in [-0.15, -0.1) is 0 Å². The van der Waals surface area contributed by atoms with Crippen LogP contribution < -0.4 is 11.1 Å². The van der Waals surface area contributed by atoms with Gasteiger partial charge in [-0.1, -0.05) is 0 Å². The molecule has 0 radical (unpaired) electrons. The summed E-state index contributed by atoms with van der Waals surface area (Å²) < 4.78 is 0. The number of fused-ring (bicyclic) bond motifs is 2. The molecule has 0 saturated heterocycles. The van der Waals surface area contributed by atoms with Crippen molar-refractivity contribution in [3.05, 3.63) is 55.0 Å². The Morgan fingerprint density at radius 1 is 1.00 bits per heavy atom. The van der Waals surface area contributed by atoms with Crippen LogP contribution in [0.25, 0.3) is 21.8 Å². The van der Waals surface area contributed by atoms with Crippen LogP contribution >= 0.6 is 0 Å². The molecule has 0 saturated carbocycles. The largest absolute Gasteiger partial charge is 0.399 e. The van der Waals surface area contributed by atoms with Crippen molar-refractivity contribution in [2.24, 2.45) is 0 Å². The van der Waals surface area contributed by atoms with Crippen molar-refractivity contribution in [2.75, 3.05) is 11.1 Å². The normalized spacial score (nSPS) is 11.0. The summed E-state index contributed by atoms with van der Waals surface area (Å²) in [5.74, 6) is 0.752. The number of rotatable bonds is 2. The highest BCUT2D eigenvalue weighted by molar-refractivity contribution is 5.93. The van der Waals surface area contributed by atoms with Crippen LogP contribution in [0.4, 0.5) is 17.2 Å². The maximum Gasteiger partial charge on any atom is 0.141 e. The predicted molar refractivity (Wildman–Crippen MR) is 85.5 cm³/mol. The fourth-order valence-corrected chi connectivity index (χ4v) is 2.44. The molecule has 21 heavy (non-hydrogen) atoms. The number of nitrogens with zero attached hydrogens (tertiary/aromatic N) is 2. The molecule has 0 aliphatic rings. The van der Waals surface area contributed by atoms with E-state index in [0.717, 1.165) is 33.3 Å². The lowest BCUT2D eigenvalue weighted by Gasteiger charge is -2.09. The fourth-order valence-electron chi connectivity index (χ4n) is 2.44. The number of hydrogen-bond donors (Lipinski definition) is 3. The third kappa shape index (κ3) is 2.04. The zero-order chi connectivity index (χ0) is 14.2. The first-order chi connectivity index (χ1) is 10.3. The molecule has 5 heteroatoms.